The molecule has 0 atom stereocenters. The second-order valence-corrected chi connectivity index (χ2v) is 4.76. The van der Waals surface area contributed by atoms with E-state index in [9.17, 15) is 9.59 Å². The Morgan fingerprint density at radius 1 is 1.29 bits per heavy atom. The molecule has 0 spiro atoms. The van der Waals surface area contributed by atoms with E-state index in [1.807, 2.05) is 20.8 Å². The molecule has 0 unspecified atom stereocenters. The molecular formula is C12H17N3O2. The lowest BCUT2D eigenvalue weighted by Gasteiger charge is -2.20. The number of nitrogens with one attached hydrogen (secondary N) is 2. The molecular weight excluding hydrogens is 218 g/mol. The van der Waals surface area contributed by atoms with Gasteiger partial charge in [-0.3, -0.25) is 14.6 Å². The number of nitrogens with zero attached hydrogens (tertiary/aromatic N) is 1. The molecule has 5 nitrogen and oxygen atoms in total. The Morgan fingerprint density at radius 3 is 2.53 bits per heavy atom. The van der Waals surface area contributed by atoms with Crippen molar-refractivity contribution in [3.8, 4) is 0 Å². The van der Waals surface area contributed by atoms with Crippen molar-refractivity contribution in [2.45, 2.75) is 32.7 Å². The average molecular weight is 235 g/mol. The topological polar surface area (TPSA) is 71.1 Å². The fourth-order valence-electron chi connectivity index (χ4n) is 1.25. The Balaban J connectivity index is 2.43. The lowest BCUT2D eigenvalue weighted by atomic mass is 10.1. The van der Waals surface area contributed by atoms with E-state index >= 15 is 0 Å². The Kier molecular flexibility index (Phi) is 4.20. The van der Waals surface area contributed by atoms with Crippen molar-refractivity contribution in [1.82, 2.24) is 10.3 Å². The Hall–Kier alpha value is -1.91. The van der Waals surface area contributed by atoms with Crippen LogP contribution in [0, 0.1) is 0 Å². The van der Waals surface area contributed by atoms with E-state index in [4.69, 9.17) is 0 Å². The molecule has 0 aliphatic rings. The quantitative estimate of drug-likeness (QED) is 0.776. The van der Waals surface area contributed by atoms with Gasteiger partial charge in [-0.1, -0.05) is 0 Å². The molecule has 0 aromatic carbocycles. The van der Waals surface area contributed by atoms with Crippen LogP contribution >= 0.6 is 0 Å². The first-order valence-electron chi connectivity index (χ1n) is 5.38. The standard InChI is InChI=1S/C12H17N3O2/c1-12(2,3)15-11(17)7-10(16)14-9-5-4-6-13-8-9/h4-6,8H,7H2,1-3H3,(H,14,16)(H,15,17). The second kappa shape index (κ2) is 5.43. The van der Waals surface area contributed by atoms with Crippen molar-refractivity contribution in [3.63, 3.8) is 0 Å². The van der Waals surface area contributed by atoms with Crippen molar-refractivity contribution in [1.29, 1.82) is 0 Å². The van der Waals surface area contributed by atoms with Crippen molar-refractivity contribution in [2.24, 2.45) is 0 Å². The van der Waals surface area contributed by atoms with Crippen molar-refractivity contribution in [2.75, 3.05) is 5.32 Å². The summed E-state index contributed by atoms with van der Waals surface area (Å²) >= 11 is 0. The summed E-state index contributed by atoms with van der Waals surface area (Å²) in [6, 6.07) is 3.43. The molecule has 92 valence electrons. The van der Waals surface area contributed by atoms with Gasteiger partial charge in [-0.05, 0) is 32.9 Å². The van der Waals surface area contributed by atoms with Crippen LogP contribution in [0.25, 0.3) is 0 Å². The zero-order valence-corrected chi connectivity index (χ0v) is 10.3. The van der Waals surface area contributed by atoms with E-state index in [0.29, 0.717) is 5.69 Å². The summed E-state index contributed by atoms with van der Waals surface area (Å²) in [5, 5.41) is 5.32. The molecule has 5 heteroatoms. The number of carbonyl (C=O) groups is 2. The molecule has 2 N–H and O–H groups in total. The molecule has 0 fully saturated rings. The van der Waals surface area contributed by atoms with E-state index in [2.05, 4.69) is 15.6 Å². The van der Waals surface area contributed by atoms with Gasteiger partial charge < -0.3 is 10.6 Å². The predicted octanol–water partition coefficient (Wildman–Crippen LogP) is 1.32. The summed E-state index contributed by atoms with van der Waals surface area (Å²) in [5.74, 6) is -0.640. The third kappa shape index (κ3) is 5.65. The highest BCUT2D eigenvalue weighted by Gasteiger charge is 2.16. The molecule has 0 bridgehead atoms. The zero-order chi connectivity index (χ0) is 12.9. The fourth-order valence-corrected chi connectivity index (χ4v) is 1.25. The van der Waals surface area contributed by atoms with E-state index in [1.54, 1.807) is 18.3 Å². The van der Waals surface area contributed by atoms with Crippen LogP contribution in [0.2, 0.25) is 0 Å². The largest absolute Gasteiger partial charge is 0.351 e. The van der Waals surface area contributed by atoms with Crippen LogP contribution < -0.4 is 10.6 Å². The number of amides is 2. The molecule has 0 saturated carbocycles. The minimum Gasteiger partial charge on any atom is -0.351 e. The first kappa shape index (κ1) is 13.2. The van der Waals surface area contributed by atoms with Gasteiger partial charge in [0.1, 0.15) is 6.42 Å². The van der Waals surface area contributed by atoms with Gasteiger partial charge >= 0.3 is 0 Å². The number of anilines is 1. The molecule has 1 aromatic rings. The molecule has 0 saturated heterocycles. The molecule has 0 aliphatic carbocycles. The summed E-state index contributed by atoms with van der Waals surface area (Å²) in [6.07, 6.45) is 2.95. The first-order valence-corrected chi connectivity index (χ1v) is 5.38. The van der Waals surface area contributed by atoms with Crippen LogP contribution in [0.15, 0.2) is 24.5 Å². The molecule has 1 aromatic heterocycles. The number of hydrogen-bond donors (Lipinski definition) is 2. The normalized spacial score (nSPS) is 10.8. The lowest BCUT2D eigenvalue weighted by Crippen LogP contribution is -2.41. The van der Waals surface area contributed by atoms with Gasteiger partial charge in [0.2, 0.25) is 11.8 Å². The maximum absolute atomic E-state index is 11.5. The molecule has 17 heavy (non-hydrogen) atoms. The maximum atomic E-state index is 11.5. The van der Waals surface area contributed by atoms with Gasteiger partial charge in [0.25, 0.3) is 0 Å². The van der Waals surface area contributed by atoms with Gasteiger partial charge in [0.15, 0.2) is 0 Å². The summed E-state index contributed by atoms with van der Waals surface area (Å²) in [7, 11) is 0. The monoisotopic (exact) mass is 235 g/mol. The van der Waals surface area contributed by atoms with Crippen LogP contribution in [0.4, 0.5) is 5.69 Å². The smallest absolute Gasteiger partial charge is 0.233 e. The average Bonchev–Trinajstić information content (AvgIpc) is 2.15. The second-order valence-electron chi connectivity index (χ2n) is 4.76. The predicted molar refractivity (Wildman–Crippen MR) is 65.4 cm³/mol. The van der Waals surface area contributed by atoms with E-state index < -0.39 is 0 Å². The molecule has 1 heterocycles. The van der Waals surface area contributed by atoms with Crippen molar-refractivity contribution < 1.29 is 9.59 Å². The van der Waals surface area contributed by atoms with E-state index in [-0.39, 0.29) is 23.8 Å². The van der Waals surface area contributed by atoms with Crippen LogP contribution in [0.1, 0.15) is 27.2 Å². The summed E-state index contributed by atoms with van der Waals surface area (Å²) in [4.78, 5) is 26.8. The minimum absolute atomic E-state index is 0.188. The number of rotatable bonds is 3. The van der Waals surface area contributed by atoms with Crippen LogP contribution in [0.5, 0.6) is 0 Å². The SMILES string of the molecule is CC(C)(C)NC(=O)CC(=O)Nc1cccnc1. The van der Waals surface area contributed by atoms with Gasteiger partial charge in [0, 0.05) is 11.7 Å². The third-order valence-electron chi connectivity index (χ3n) is 1.78. The van der Waals surface area contributed by atoms with E-state index in [1.165, 1.54) is 6.20 Å². The van der Waals surface area contributed by atoms with E-state index in [0.717, 1.165) is 0 Å². The fraction of sp³-hybridized carbons (Fsp3) is 0.417. The van der Waals surface area contributed by atoms with Crippen LogP contribution in [-0.4, -0.2) is 22.3 Å². The van der Waals surface area contributed by atoms with Crippen LogP contribution in [-0.2, 0) is 9.59 Å². The van der Waals surface area contributed by atoms with Crippen molar-refractivity contribution in [3.05, 3.63) is 24.5 Å². The zero-order valence-electron chi connectivity index (χ0n) is 10.3. The summed E-state index contributed by atoms with van der Waals surface area (Å²) in [5.41, 5.74) is 0.257. The highest BCUT2D eigenvalue weighted by Crippen LogP contribution is 2.04. The van der Waals surface area contributed by atoms with Crippen molar-refractivity contribution >= 4 is 17.5 Å². The molecule has 0 radical (unpaired) electrons. The highest BCUT2D eigenvalue weighted by atomic mass is 16.2. The van der Waals surface area contributed by atoms with Gasteiger partial charge in [-0.15, -0.1) is 0 Å². The van der Waals surface area contributed by atoms with Gasteiger partial charge in [-0.2, -0.15) is 0 Å². The maximum Gasteiger partial charge on any atom is 0.233 e. The number of hydrogen-bond acceptors (Lipinski definition) is 3. The van der Waals surface area contributed by atoms with Crippen LogP contribution in [0.3, 0.4) is 0 Å². The minimum atomic E-state index is -0.347. The molecule has 1 rings (SSSR count). The lowest BCUT2D eigenvalue weighted by molar-refractivity contribution is -0.127. The Bertz CT molecular complexity index is 396. The number of pyridine rings is 1. The Labute approximate surface area is 101 Å². The molecule has 0 aliphatic heterocycles. The third-order valence-corrected chi connectivity index (χ3v) is 1.78. The highest BCUT2D eigenvalue weighted by molar-refractivity contribution is 6.03. The Morgan fingerprint density at radius 2 is 2.00 bits per heavy atom. The number of aromatic nitrogens is 1. The number of carbonyl (C=O) groups excluding carboxylic acids is 2. The van der Waals surface area contributed by atoms with Gasteiger partial charge in [0.05, 0.1) is 11.9 Å². The summed E-state index contributed by atoms with van der Waals surface area (Å²) in [6.45, 7) is 5.60. The first-order chi connectivity index (χ1) is 7.87. The van der Waals surface area contributed by atoms with Gasteiger partial charge in [-0.25, -0.2) is 0 Å². The summed E-state index contributed by atoms with van der Waals surface area (Å²) < 4.78 is 0. The molecule has 2 amide bonds.